The monoisotopic (exact) mass is 709 g/mol. The zero-order valence-corrected chi connectivity index (χ0v) is 30.5. The van der Waals surface area contributed by atoms with Gasteiger partial charge in [-0.3, -0.25) is 19.2 Å². The Labute approximate surface area is 297 Å². The number of methoxy groups -OCH3 is 2. The van der Waals surface area contributed by atoms with Gasteiger partial charge in [0.05, 0.1) is 48.4 Å². The number of carbonyl (C=O) groups excluding carboxylic acids is 4. The summed E-state index contributed by atoms with van der Waals surface area (Å²) in [5.74, 6) is -7.88. The number of benzene rings is 1. The molecule has 0 radical (unpaired) electrons. The molecule has 4 aliphatic rings. The van der Waals surface area contributed by atoms with Crippen LogP contribution in [0.1, 0.15) is 85.1 Å². The number of aromatic hydroxyl groups is 1. The van der Waals surface area contributed by atoms with E-state index in [1.54, 1.807) is 52.8 Å². The molecule has 13 heteroatoms. The summed E-state index contributed by atoms with van der Waals surface area (Å²) >= 11 is 0. The van der Waals surface area contributed by atoms with E-state index in [0.717, 1.165) is 6.08 Å². The number of ether oxygens (including phenoxy) is 5. The van der Waals surface area contributed by atoms with Crippen LogP contribution in [0.4, 0.5) is 0 Å². The van der Waals surface area contributed by atoms with Gasteiger partial charge in [0.25, 0.3) is 5.78 Å². The standard InChI is InChI=1S/C38H47NO12/c1-17-12-11-13-18(2)37(48-10)39-24-16-25(41)27-28(33(24)45)32(44)22(6)35-29(27)36(46)38(8,51-35)49-15-14-26(47-9)19(3)34(50-23(7)40)21(5)31(43)20(4)30(17)42/h11-17,19-21,26,30-31,34,42-44H,1-10H3/b12-11+,15-14+,18-13-,39-37?. The maximum absolute atomic E-state index is 13.9. The molecule has 3 aliphatic heterocycles. The number of aliphatic imine (C=N–C) groups is 1. The lowest BCUT2D eigenvalue weighted by Crippen LogP contribution is -2.46. The summed E-state index contributed by atoms with van der Waals surface area (Å²) in [4.78, 5) is 57.9. The van der Waals surface area contributed by atoms with E-state index in [9.17, 15) is 34.5 Å². The normalized spacial score (nSPS) is 34.0. The first-order valence-electron chi connectivity index (χ1n) is 16.7. The maximum Gasteiger partial charge on any atom is 0.312 e. The third-order valence-electron chi connectivity index (χ3n) is 9.93. The molecule has 51 heavy (non-hydrogen) atoms. The third-order valence-corrected chi connectivity index (χ3v) is 9.93. The fourth-order valence-corrected chi connectivity index (χ4v) is 6.78. The second-order valence-corrected chi connectivity index (χ2v) is 13.5. The van der Waals surface area contributed by atoms with E-state index < -0.39 is 88.5 Å². The molecule has 5 rings (SSSR count). The van der Waals surface area contributed by atoms with E-state index in [1.807, 2.05) is 0 Å². The molecule has 9 atom stereocenters. The number of carbonyl (C=O) groups is 4. The first-order valence-corrected chi connectivity index (χ1v) is 16.7. The van der Waals surface area contributed by atoms with Gasteiger partial charge in [0, 0.05) is 61.8 Å². The number of nitrogens with zero attached hydrogens (tertiary/aromatic N) is 1. The average Bonchev–Trinajstić information content (AvgIpc) is 3.35. The molecule has 0 saturated heterocycles. The van der Waals surface area contributed by atoms with Gasteiger partial charge in [-0.15, -0.1) is 0 Å². The van der Waals surface area contributed by atoms with Crippen LogP contribution in [0.15, 0.2) is 52.9 Å². The van der Waals surface area contributed by atoms with Crippen molar-refractivity contribution in [1.29, 1.82) is 0 Å². The zero-order valence-electron chi connectivity index (χ0n) is 30.5. The number of Topliss-reactive ketones (excluding diaryl/α,β-unsaturated/α-hetero) is 2. The smallest absolute Gasteiger partial charge is 0.312 e. The highest BCUT2D eigenvalue weighted by atomic mass is 16.7. The molecule has 13 nitrogen and oxygen atoms in total. The zero-order chi connectivity index (χ0) is 38.1. The molecule has 0 spiro atoms. The molecule has 0 saturated carbocycles. The summed E-state index contributed by atoms with van der Waals surface area (Å²) in [5, 5.41) is 33.9. The Morgan fingerprint density at radius 2 is 1.61 bits per heavy atom. The molecule has 276 valence electrons. The van der Waals surface area contributed by atoms with Crippen LogP contribution < -0.4 is 4.74 Å². The van der Waals surface area contributed by atoms with Gasteiger partial charge < -0.3 is 39.0 Å². The molecule has 1 aliphatic carbocycles. The summed E-state index contributed by atoms with van der Waals surface area (Å²) in [5.41, 5.74) is -0.738. The van der Waals surface area contributed by atoms with Crippen molar-refractivity contribution in [2.24, 2.45) is 28.7 Å². The molecule has 9 unspecified atom stereocenters. The second-order valence-electron chi connectivity index (χ2n) is 13.5. The van der Waals surface area contributed by atoms with Crippen molar-refractivity contribution in [3.05, 3.63) is 70.2 Å². The molecule has 5 bridgehead atoms. The van der Waals surface area contributed by atoms with Gasteiger partial charge in [-0.2, -0.15) is 0 Å². The first kappa shape index (κ1) is 39.2. The predicted molar refractivity (Wildman–Crippen MR) is 186 cm³/mol. The van der Waals surface area contributed by atoms with E-state index in [1.165, 1.54) is 47.3 Å². The van der Waals surface area contributed by atoms with Crippen molar-refractivity contribution in [3.63, 3.8) is 0 Å². The Bertz CT molecular complexity index is 1750. The first-order chi connectivity index (χ1) is 23.9. The van der Waals surface area contributed by atoms with Crippen molar-refractivity contribution < 1.29 is 58.2 Å². The number of phenols is 1. The number of rotatable bonds is 2. The number of hydrogen-bond donors (Lipinski definition) is 3. The number of allylic oxidation sites excluding steroid dienone is 4. The van der Waals surface area contributed by atoms with Crippen LogP contribution in [0.5, 0.6) is 11.5 Å². The summed E-state index contributed by atoms with van der Waals surface area (Å²) in [6, 6.07) is 0. The lowest BCUT2D eigenvalue weighted by atomic mass is 9.78. The van der Waals surface area contributed by atoms with Gasteiger partial charge in [-0.1, -0.05) is 45.9 Å². The molecule has 3 N–H and O–H groups in total. The number of phenolic OH excluding ortho intramolecular Hbond substituents is 1. The Morgan fingerprint density at radius 1 is 0.941 bits per heavy atom. The topological polar surface area (TPSA) is 187 Å². The highest BCUT2D eigenvalue weighted by Crippen LogP contribution is 2.48. The van der Waals surface area contributed by atoms with E-state index in [-0.39, 0.29) is 34.0 Å². The Kier molecular flexibility index (Phi) is 11.8. The van der Waals surface area contributed by atoms with Crippen LogP contribution in [0.3, 0.4) is 0 Å². The highest BCUT2D eigenvalue weighted by Gasteiger charge is 2.51. The van der Waals surface area contributed by atoms with Crippen LogP contribution in [0.2, 0.25) is 0 Å². The van der Waals surface area contributed by atoms with Crippen molar-refractivity contribution >= 4 is 29.2 Å². The number of aliphatic hydroxyl groups excluding tert-OH is 2. The number of ketones is 3. The lowest BCUT2D eigenvalue weighted by Gasteiger charge is -2.38. The predicted octanol–water partition coefficient (Wildman–Crippen LogP) is 4.56. The minimum absolute atomic E-state index is 0.000290. The largest absolute Gasteiger partial charge is 0.507 e. The molecule has 1 aromatic rings. The van der Waals surface area contributed by atoms with Crippen LogP contribution in [-0.2, 0) is 23.7 Å². The number of fused-ring (bicyclic) bond motifs is 13. The number of aliphatic hydroxyl groups is 2. The summed E-state index contributed by atoms with van der Waals surface area (Å²) in [6.45, 7) is 12.7. The minimum atomic E-state index is -2.01. The van der Waals surface area contributed by atoms with Crippen LogP contribution in [0.25, 0.3) is 0 Å². The molecule has 0 amide bonds. The molecular formula is C38H47NO12. The van der Waals surface area contributed by atoms with Crippen molar-refractivity contribution in [1.82, 2.24) is 0 Å². The van der Waals surface area contributed by atoms with Crippen molar-refractivity contribution in [2.75, 3.05) is 14.2 Å². The van der Waals surface area contributed by atoms with Crippen LogP contribution >= 0.6 is 0 Å². The molecule has 0 aromatic heterocycles. The highest BCUT2D eigenvalue weighted by molar-refractivity contribution is 6.30. The third kappa shape index (κ3) is 7.42. The molecular weight excluding hydrogens is 662 g/mol. The number of esters is 1. The van der Waals surface area contributed by atoms with Crippen LogP contribution in [0, 0.1) is 30.6 Å². The minimum Gasteiger partial charge on any atom is -0.507 e. The van der Waals surface area contributed by atoms with Gasteiger partial charge in [-0.25, -0.2) is 4.99 Å². The lowest BCUT2D eigenvalue weighted by molar-refractivity contribution is -0.160. The van der Waals surface area contributed by atoms with E-state index in [0.29, 0.717) is 5.57 Å². The summed E-state index contributed by atoms with van der Waals surface area (Å²) < 4.78 is 28.6. The summed E-state index contributed by atoms with van der Waals surface area (Å²) in [6.07, 6.45) is 4.92. The molecule has 0 fully saturated rings. The van der Waals surface area contributed by atoms with Crippen LogP contribution in [-0.4, -0.2) is 89.0 Å². The second kappa shape index (κ2) is 15.3. The van der Waals surface area contributed by atoms with Gasteiger partial charge in [0.1, 0.15) is 23.3 Å². The SMILES string of the molecule is COC1=NC2=CC(=O)c3c(c(O)c(C)c4c3C(=O)C(C)(O/C=C/C(OC)C(C)C(OC(C)=O)C(C)C(O)C(C)C(O)C(C)/C=C/C=C\1C)O4)C2=O. The van der Waals surface area contributed by atoms with Gasteiger partial charge in [0.15, 0.2) is 5.78 Å². The van der Waals surface area contributed by atoms with E-state index in [2.05, 4.69) is 4.99 Å². The van der Waals surface area contributed by atoms with Crippen molar-refractivity contribution in [3.8, 4) is 11.5 Å². The fourth-order valence-electron chi connectivity index (χ4n) is 6.78. The Hall–Kier alpha value is -4.59. The van der Waals surface area contributed by atoms with E-state index in [4.69, 9.17) is 23.7 Å². The Balaban J connectivity index is 1.88. The van der Waals surface area contributed by atoms with Gasteiger partial charge in [-0.05, 0) is 19.9 Å². The average molecular weight is 710 g/mol. The van der Waals surface area contributed by atoms with E-state index >= 15 is 0 Å². The molecule has 1 aromatic carbocycles. The fraction of sp³-hybridized carbons (Fsp3) is 0.500. The van der Waals surface area contributed by atoms with Gasteiger partial charge >= 0.3 is 11.8 Å². The summed E-state index contributed by atoms with van der Waals surface area (Å²) in [7, 11) is 2.77. The number of hydrogen-bond acceptors (Lipinski definition) is 13. The molecule has 3 heterocycles. The Morgan fingerprint density at radius 3 is 2.22 bits per heavy atom. The maximum atomic E-state index is 13.9. The quantitative estimate of drug-likeness (QED) is 0.364. The van der Waals surface area contributed by atoms with Crippen molar-refractivity contribution in [2.45, 2.75) is 85.6 Å². The van der Waals surface area contributed by atoms with Gasteiger partial charge in [0.2, 0.25) is 11.7 Å².